The first kappa shape index (κ1) is 17.3. The molecule has 122 valence electrons. The second-order valence-electron chi connectivity index (χ2n) is 6.39. The van der Waals surface area contributed by atoms with E-state index in [9.17, 15) is 4.79 Å². The fraction of sp³-hybridized carbons (Fsp3) is 0.611. The Morgan fingerprint density at radius 1 is 1.27 bits per heavy atom. The zero-order chi connectivity index (χ0) is 15.9. The highest BCUT2D eigenvalue weighted by atomic mass is 35.5. The van der Waals surface area contributed by atoms with E-state index in [1.807, 2.05) is 23.1 Å². The van der Waals surface area contributed by atoms with Gasteiger partial charge in [-0.15, -0.1) is 0 Å². The van der Waals surface area contributed by atoms with Gasteiger partial charge in [0.05, 0.1) is 0 Å². The van der Waals surface area contributed by atoms with Crippen LogP contribution in [-0.2, 0) is 11.3 Å². The summed E-state index contributed by atoms with van der Waals surface area (Å²) in [5, 5.41) is 0.769. The van der Waals surface area contributed by atoms with Gasteiger partial charge in [0.2, 0.25) is 5.91 Å². The summed E-state index contributed by atoms with van der Waals surface area (Å²) in [5.41, 5.74) is 1.20. The Morgan fingerprint density at radius 2 is 2.00 bits per heavy atom. The Labute approximate surface area is 139 Å². The van der Waals surface area contributed by atoms with E-state index in [1.165, 1.54) is 12.0 Å². The van der Waals surface area contributed by atoms with Crippen molar-refractivity contribution in [2.75, 3.05) is 19.6 Å². The maximum atomic E-state index is 12.3. The molecule has 0 saturated carbocycles. The molecule has 1 fully saturated rings. The van der Waals surface area contributed by atoms with E-state index in [0.29, 0.717) is 18.4 Å². The molecule has 0 unspecified atom stereocenters. The van der Waals surface area contributed by atoms with Gasteiger partial charge in [-0.25, -0.2) is 0 Å². The van der Waals surface area contributed by atoms with E-state index in [4.69, 9.17) is 11.6 Å². The summed E-state index contributed by atoms with van der Waals surface area (Å²) < 4.78 is 0. The lowest BCUT2D eigenvalue weighted by Crippen LogP contribution is -2.39. The molecule has 1 aromatic rings. The number of rotatable bonds is 6. The smallest absolute Gasteiger partial charge is 0.223 e. The Bertz CT molecular complexity index is 484. The summed E-state index contributed by atoms with van der Waals surface area (Å²) >= 11 is 6.06. The van der Waals surface area contributed by atoms with Crippen LogP contribution in [0.25, 0.3) is 0 Å². The molecule has 0 aliphatic carbocycles. The molecule has 22 heavy (non-hydrogen) atoms. The van der Waals surface area contributed by atoms with E-state index in [2.05, 4.69) is 24.8 Å². The maximum absolute atomic E-state index is 12.3. The number of carbonyl (C=O) groups excluding carboxylic acids is 1. The number of hydrogen-bond acceptors (Lipinski definition) is 2. The van der Waals surface area contributed by atoms with Crippen molar-refractivity contribution in [3.63, 3.8) is 0 Å². The first-order valence-corrected chi connectivity index (χ1v) is 8.70. The lowest BCUT2D eigenvalue weighted by Gasteiger charge is -2.30. The number of amides is 1. The quantitative estimate of drug-likeness (QED) is 0.791. The van der Waals surface area contributed by atoms with Crippen molar-refractivity contribution in [3.8, 4) is 0 Å². The Hall–Kier alpha value is -1.06. The van der Waals surface area contributed by atoms with Gasteiger partial charge in [-0.05, 0) is 50.8 Å². The van der Waals surface area contributed by atoms with Gasteiger partial charge in [-0.1, -0.05) is 23.7 Å². The van der Waals surface area contributed by atoms with Crippen LogP contribution in [0, 0.1) is 0 Å². The largest absolute Gasteiger partial charge is 0.343 e. The van der Waals surface area contributed by atoms with E-state index in [1.54, 1.807) is 0 Å². The lowest BCUT2D eigenvalue weighted by atomic mass is 10.1. The van der Waals surface area contributed by atoms with Crippen LogP contribution in [0.2, 0.25) is 5.02 Å². The van der Waals surface area contributed by atoms with Crippen molar-refractivity contribution in [3.05, 3.63) is 34.9 Å². The molecule has 3 nitrogen and oxygen atoms in total. The molecule has 1 heterocycles. The molecular formula is C18H27ClN2O. The number of nitrogens with zero attached hydrogens (tertiary/aromatic N) is 2. The van der Waals surface area contributed by atoms with Crippen molar-refractivity contribution >= 4 is 17.5 Å². The second-order valence-corrected chi connectivity index (χ2v) is 6.82. The van der Waals surface area contributed by atoms with Gasteiger partial charge >= 0.3 is 0 Å². The molecule has 1 aromatic carbocycles. The molecule has 0 bridgehead atoms. The molecule has 2 rings (SSSR count). The minimum atomic E-state index is 0.302. The first-order chi connectivity index (χ1) is 10.6. The third-order valence-corrected chi connectivity index (χ3v) is 4.56. The molecular weight excluding hydrogens is 296 g/mol. The summed E-state index contributed by atoms with van der Waals surface area (Å²) in [6.45, 7) is 7.88. The van der Waals surface area contributed by atoms with Crippen LogP contribution in [-0.4, -0.2) is 41.4 Å². The third kappa shape index (κ3) is 5.29. The minimum absolute atomic E-state index is 0.302. The highest BCUT2D eigenvalue weighted by Crippen LogP contribution is 2.15. The number of hydrogen-bond donors (Lipinski definition) is 0. The van der Waals surface area contributed by atoms with Crippen molar-refractivity contribution in [1.82, 2.24) is 9.80 Å². The van der Waals surface area contributed by atoms with E-state index >= 15 is 0 Å². The molecule has 0 radical (unpaired) electrons. The van der Waals surface area contributed by atoms with Crippen molar-refractivity contribution in [1.29, 1.82) is 0 Å². The zero-order valence-corrected chi connectivity index (χ0v) is 14.5. The zero-order valence-electron chi connectivity index (χ0n) is 13.7. The van der Waals surface area contributed by atoms with Crippen LogP contribution < -0.4 is 0 Å². The van der Waals surface area contributed by atoms with Crippen LogP contribution in [0.4, 0.5) is 0 Å². The molecule has 0 atom stereocenters. The van der Waals surface area contributed by atoms with Crippen LogP contribution in [0.15, 0.2) is 24.3 Å². The molecule has 0 spiro atoms. The van der Waals surface area contributed by atoms with Gasteiger partial charge < -0.3 is 4.90 Å². The molecule has 4 heteroatoms. The number of likely N-dealkylation sites (tertiary alicyclic amines) is 1. The Balaban J connectivity index is 1.87. The van der Waals surface area contributed by atoms with Crippen LogP contribution in [0.3, 0.4) is 0 Å². The molecule has 1 aliphatic rings. The number of piperidine rings is 1. The molecule has 0 N–H and O–H groups in total. The standard InChI is InChI=1S/C18H27ClN2O/c1-15(2)21(14-16-7-6-8-17(19)13-16)12-9-18(22)20-10-4-3-5-11-20/h6-8,13,15H,3-5,9-12,14H2,1-2H3. The van der Waals surface area contributed by atoms with E-state index < -0.39 is 0 Å². The average molecular weight is 323 g/mol. The highest BCUT2D eigenvalue weighted by Gasteiger charge is 2.18. The fourth-order valence-corrected chi connectivity index (χ4v) is 3.14. The molecule has 1 aliphatic heterocycles. The summed E-state index contributed by atoms with van der Waals surface area (Å²) in [6.07, 6.45) is 4.18. The van der Waals surface area contributed by atoms with E-state index in [-0.39, 0.29) is 0 Å². The van der Waals surface area contributed by atoms with Crippen molar-refractivity contribution in [2.24, 2.45) is 0 Å². The average Bonchev–Trinajstić information content (AvgIpc) is 2.51. The summed E-state index contributed by atoms with van der Waals surface area (Å²) in [7, 11) is 0. The maximum Gasteiger partial charge on any atom is 0.223 e. The van der Waals surface area contributed by atoms with Gasteiger partial charge in [0.15, 0.2) is 0 Å². The van der Waals surface area contributed by atoms with Crippen LogP contribution >= 0.6 is 11.6 Å². The SMILES string of the molecule is CC(C)N(CCC(=O)N1CCCCC1)Cc1cccc(Cl)c1. The summed E-state index contributed by atoms with van der Waals surface area (Å²) in [4.78, 5) is 16.7. The monoisotopic (exact) mass is 322 g/mol. The molecule has 0 aromatic heterocycles. The predicted molar refractivity (Wildman–Crippen MR) is 92.0 cm³/mol. The lowest BCUT2D eigenvalue weighted by molar-refractivity contribution is -0.132. The van der Waals surface area contributed by atoms with Crippen LogP contribution in [0.5, 0.6) is 0 Å². The number of carbonyl (C=O) groups is 1. The van der Waals surface area contributed by atoms with Crippen molar-refractivity contribution in [2.45, 2.75) is 52.1 Å². The second kappa shape index (κ2) is 8.54. The van der Waals surface area contributed by atoms with Gasteiger partial charge in [0.1, 0.15) is 0 Å². The van der Waals surface area contributed by atoms with Crippen molar-refractivity contribution < 1.29 is 4.79 Å². The Morgan fingerprint density at radius 3 is 2.64 bits per heavy atom. The topological polar surface area (TPSA) is 23.6 Å². The van der Waals surface area contributed by atoms with Gasteiger partial charge in [0, 0.05) is 43.7 Å². The Kier molecular flexibility index (Phi) is 6.71. The van der Waals surface area contributed by atoms with Gasteiger partial charge in [-0.3, -0.25) is 9.69 Å². The normalized spacial score (nSPS) is 15.6. The molecule has 1 saturated heterocycles. The fourth-order valence-electron chi connectivity index (χ4n) is 2.93. The summed E-state index contributed by atoms with van der Waals surface area (Å²) in [5.74, 6) is 0.302. The third-order valence-electron chi connectivity index (χ3n) is 4.33. The van der Waals surface area contributed by atoms with Gasteiger partial charge in [-0.2, -0.15) is 0 Å². The van der Waals surface area contributed by atoms with Crippen LogP contribution in [0.1, 0.15) is 45.1 Å². The number of halogens is 1. The first-order valence-electron chi connectivity index (χ1n) is 8.32. The number of benzene rings is 1. The van der Waals surface area contributed by atoms with Gasteiger partial charge in [0.25, 0.3) is 0 Å². The molecule has 1 amide bonds. The predicted octanol–water partition coefficient (Wildman–Crippen LogP) is 3.95. The van der Waals surface area contributed by atoms with E-state index in [0.717, 1.165) is 44.0 Å². The highest BCUT2D eigenvalue weighted by molar-refractivity contribution is 6.30. The summed E-state index contributed by atoms with van der Waals surface area (Å²) in [6, 6.07) is 8.38. The minimum Gasteiger partial charge on any atom is -0.343 e.